The summed E-state index contributed by atoms with van der Waals surface area (Å²) in [5, 5.41) is 7.43. The van der Waals surface area contributed by atoms with Gasteiger partial charge < -0.3 is 15.0 Å². The lowest BCUT2D eigenvalue weighted by atomic mass is 10.0. The largest absolute Gasteiger partial charge is 0.497 e. The van der Waals surface area contributed by atoms with Crippen molar-refractivity contribution < 1.29 is 17.9 Å². The van der Waals surface area contributed by atoms with Gasteiger partial charge in [-0.25, -0.2) is 4.99 Å². The van der Waals surface area contributed by atoms with E-state index < -0.39 is 11.7 Å². The second-order valence-electron chi connectivity index (χ2n) is 7.07. The number of halogens is 4. The zero-order chi connectivity index (χ0) is 21.0. The molecular weight excluding hydrogens is 510 g/mol. The standard InChI is InChI=1S/C20H26F3N5O.HI/c1-4-24-19(28-8-7-15(13-28)16-11-26-27(2)12-16)25-10-14-5-6-17(29-3)9-18(14)20(21,22)23;/h5-6,9,11-12,15H,4,7-8,10,13H2,1-3H3,(H,24,25);1H. The second kappa shape index (κ2) is 10.4. The van der Waals surface area contributed by atoms with Crippen LogP contribution in [0.5, 0.6) is 5.75 Å². The lowest BCUT2D eigenvalue weighted by molar-refractivity contribution is -0.138. The van der Waals surface area contributed by atoms with Gasteiger partial charge >= 0.3 is 6.18 Å². The summed E-state index contributed by atoms with van der Waals surface area (Å²) in [5.41, 5.74) is 0.572. The summed E-state index contributed by atoms with van der Waals surface area (Å²) in [4.78, 5) is 6.59. The van der Waals surface area contributed by atoms with Crippen LogP contribution in [0.3, 0.4) is 0 Å². The van der Waals surface area contributed by atoms with Crippen molar-refractivity contribution in [1.29, 1.82) is 0 Å². The average molecular weight is 537 g/mol. The Morgan fingerprint density at radius 1 is 1.37 bits per heavy atom. The Bertz CT molecular complexity index is 868. The van der Waals surface area contributed by atoms with Crippen LogP contribution in [0.15, 0.2) is 35.6 Å². The molecule has 30 heavy (non-hydrogen) atoms. The summed E-state index contributed by atoms with van der Waals surface area (Å²) in [6.07, 6.45) is 0.361. The number of hydrogen-bond acceptors (Lipinski definition) is 3. The maximum atomic E-state index is 13.4. The Kier molecular flexibility index (Phi) is 8.39. The molecule has 2 heterocycles. The van der Waals surface area contributed by atoms with Gasteiger partial charge in [0.05, 0.1) is 25.4 Å². The summed E-state index contributed by atoms with van der Waals surface area (Å²) >= 11 is 0. The van der Waals surface area contributed by atoms with Crippen molar-refractivity contribution in [2.24, 2.45) is 12.0 Å². The number of benzene rings is 1. The van der Waals surface area contributed by atoms with Crippen LogP contribution in [0.25, 0.3) is 0 Å². The molecule has 3 rings (SSSR count). The first-order chi connectivity index (χ1) is 13.8. The predicted molar refractivity (Wildman–Crippen MR) is 120 cm³/mol. The highest BCUT2D eigenvalue weighted by Gasteiger charge is 2.34. The fourth-order valence-electron chi connectivity index (χ4n) is 3.55. The van der Waals surface area contributed by atoms with Gasteiger partial charge in [-0.15, -0.1) is 24.0 Å². The molecule has 0 radical (unpaired) electrons. The van der Waals surface area contributed by atoms with Crippen LogP contribution in [0.4, 0.5) is 13.2 Å². The molecule has 1 unspecified atom stereocenters. The fourth-order valence-corrected chi connectivity index (χ4v) is 3.55. The Morgan fingerprint density at radius 2 is 2.13 bits per heavy atom. The van der Waals surface area contributed by atoms with Crippen molar-refractivity contribution in [2.45, 2.75) is 32.0 Å². The molecule has 1 saturated heterocycles. The molecular formula is C20H27F3IN5O. The van der Waals surface area contributed by atoms with Crippen LogP contribution in [0.1, 0.15) is 36.0 Å². The van der Waals surface area contributed by atoms with Crippen LogP contribution in [-0.4, -0.2) is 47.4 Å². The maximum absolute atomic E-state index is 13.4. The Balaban J connectivity index is 0.00000320. The number of ether oxygens (including phenoxy) is 1. The molecule has 6 nitrogen and oxygen atoms in total. The minimum Gasteiger partial charge on any atom is -0.497 e. The SMILES string of the molecule is CCNC(=NCc1ccc(OC)cc1C(F)(F)F)N1CCC(c2cnn(C)c2)C1.I. The average Bonchev–Trinajstić information content (AvgIpc) is 3.33. The first-order valence-corrected chi connectivity index (χ1v) is 9.57. The normalized spacial score (nSPS) is 17.1. The molecule has 1 N–H and O–H groups in total. The van der Waals surface area contributed by atoms with Crippen LogP contribution < -0.4 is 10.1 Å². The van der Waals surface area contributed by atoms with Crippen molar-refractivity contribution in [3.05, 3.63) is 47.3 Å². The summed E-state index contributed by atoms with van der Waals surface area (Å²) in [7, 11) is 3.23. The number of aromatic nitrogens is 2. The van der Waals surface area contributed by atoms with E-state index in [4.69, 9.17) is 4.74 Å². The lowest BCUT2D eigenvalue weighted by Gasteiger charge is -2.22. The molecule has 0 amide bonds. The van der Waals surface area contributed by atoms with Gasteiger partial charge in [0.1, 0.15) is 5.75 Å². The molecule has 1 aromatic carbocycles. The van der Waals surface area contributed by atoms with E-state index in [0.29, 0.717) is 18.4 Å². The molecule has 0 aliphatic carbocycles. The number of aliphatic imine (C=N–C) groups is 1. The zero-order valence-electron chi connectivity index (χ0n) is 17.2. The Labute approximate surface area is 191 Å². The fraction of sp³-hybridized carbons (Fsp3) is 0.500. The van der Waals surface area contributed by atoms with Gasteiger partial charge in [0.25, 0.3) is 0 Å². The molecule has 1 aromatic heterocycles. The van der Waals surface area contributed by atoms with Gasteiger partial charge in [0.2, 0.25) is 0 Å². The van der Waals surface area contributed by atoms with E-state index in [0.717, 1.165) is 25.6 Å². The topological polar surface area (TPSA) is 54.7 Å². The van der Waals surface area contributed by atoms with Crippen molar-refractivity contribution in [3.63, 3.8) is 0 Å². The van der Waals surface area contributed by atoms with Gasteiger partial charge in [0.15, 0.2) is 5.96 Å². The molecule has 1 fully saturated rings. The predicted octanol–water partition coefficient (Wildman–Crippen LogP) is 4.02. The molecule has 166 valence electrons. The summed E-state index contributed by atoms with van der Waals surface area (Å²) in [6, 6.07) is 3.98. The molecule has 1 aliphatic rings. The molecule has 10 heteroatoms. The van der Waals surface area contributed by atoms with Gasteiger partial charge in [-0.2, -0.15) is 18.3 Å². The number of alkyl halides is 3. The number of aryl methyl sites for hydroxylation is 1. The Hall–Kier alpha value is -1.98. The molecule has 2 aromatic rings. The highest BCUT2D eigenvalue weighted by atomic mass is 127. The van der Waals surface area contributed by atoms with E-state index >= 15 is 0 Å². The van der Waals surface area contributed by atoms with Gasteiger partial charge in [-0.3, -0.25) is 4.68 Å². The molecule has 0 spiro atoms. The number of nitrogens with zero attached hydrogens (tertiary/aromatic N) is 4. The second-order valence-corrected chi connectivity index (χ2v) is 7.07. The smallest absolute Gasteiger partial charge is 0.416 e. The Morgan fingerprint density at radius 3 is 2.73 bits per heavy atom. The number of methoxy groups -OCH3 is 1. The number of guanidine groups is 1. The van der Waals surface area contributed by atoms with Gasteiger partial charge in [-0.05, 0) is 36.6 Å². The van der Waals surface area contributed by atoms with E-state index in [1.807, 2.05) is 26.4 Å². The summed E-state index contributed by atoms with van der Waals surface area (Å²) in [6.45, 7) is 4.07. The molecule has 0 saturated carbocycles. The van der Waals surface area contributed by atoms with E-state index in [1.54, 1.807) is 4.68 Å². The quantitative estimate of drug-likeness (QED) is 0.356. The van der Waals surface area contributed by atoms with E-state index in [1.165, 1.54) is 24.8 Å². The van der Waals surface area contributed by atoms with E-state index in [9.17, 15) is 13.2 Å². The number of likely N-dealkylation sites (tertiary alicyclic amines) is 1. The van der Waals surface area contributed by atoms with Crippen molar-refractivity contribution in [3.8, 4) is 5.75 Å². The number of rotatable bonds is 5. The lowest BCUT2D eigenvalue weighted by Crippen LogP contribution is -2.40. The molecule has 0 bridgehead atoms. The van der Waals surface area contributed by atoms with Crippen molar-refractivity contribution in [1.82, 2.24) is 20.0 Å². The zero-order valence-corrected chi connectivity index (χ0v) is 19.6. The third-order valence-corrected chi connectivity index (χ3v) is 5.04. The summed E-state index contributed by atoms with van der Waals surface area (Å²) < 4.78 is 47.0. The minimum atomic E-state index is -4.46. The first kappa shape index (κ1) is 24.3. The molecule has 1 aliphatic heterocycles. The van der Waals surface area contributed by atoms with Crippen molar-refractivity contribution >= 4 is 29.9 Å². The highest BCUT2D eigenvalue weighted by Crippen LogP contribution is 2.35. The maximum Gasteiger partial charge on any atom is 0.416 e. The minimum absolute atomic E-state index is 0. The van der Waals surface area contributed by atoms with Crippen LogP contribution in [0, 0.1) is 0 Å². The van der Waals surface area contributed by atoms with Crippen LogP contribution >= 0.6 is 24.0 Å². The monoisotopic (exact) mass is 537 g/mol. The van der Waals surface area contributed by atoms with E-state index in [-0.39, 0.29) is 41.8 Å². The highest BCUT2D eigenvalue weighted by molar-refractivity contribution is 14.0. The van der Waals surface area contributed by atoms with Gasteiger partial charge in [0, 0.05) is 38.8 Å². The first-order valence-electron chi connectivity index (χ1n) is 9.57. The molecule has 1 atom stereocenters. The van der Waals surface area contributed by atoms with Gasteiger partial charge in [-0.1, -0.05) is 6.07 Å². The van der Waals surface area contributed by atoms with Crippen molar-refractivity contribution in [2.75, 3.05) is 26.7 Å². The summed E-state index contributed by atoms with van der Waals surface area (Å²) in [5.74, 6) is 1.14. The third kappa shape index (κ3) is 5.79. The van der Waals surface area contributed by atoms with E-state index in [2.05, 4.69) is 20.3 Å². The third-order valence-electron chi connectivity index (χ3n) is 5.04. The number of nitrogens with one attached hydrogen (secondary N) is 1. The van der Waals surface area contributed by atoms with Crippen LogP contribution in [0.2, 0.25) is 0 Å². The number of hydrogen-bond donors (Lipinski definition) is 1. The van der Waals surface area contributed by atoms with Crippen LogP contribution in [-0.2, 0) is 19.8 Å².